The van der Waals surface area contributed by atoms with E-state index in [0.717, 1.165) is 54.3 Å². The predicted octanol–water partition coefficient (Wildman–Crippen LogP) is 3.25. The van der Waals surface area contributed by atoms with Gasteiger partial charge in [0.15, 0.2) is 6.61 Å². The smallest absolute Gasteiger partial charge is 0.339 e. The van der Waals surface area contributed by atoms with Crippen LogP contribution >= 0.6 is 0 Å². The third-order valence-electron chi connectivity index (χ3n) is 5.67. The van der Waals surface area contributed by atoms with Crippen LogP contribution in [0.2, 0.25) is 0 Å². The molecule has 6 heteroatoms. The van der Waals surface area contributed by atoms with Gasteiger partial charge in [0.25, 0.3) is 5.91 Å². The summed E-state index contributed by atoms with van der Waals surface area (Å²) in [7, 11) is 0. The summed E-state index contributed by atoms with van der Waals surface area (Å²) in [6.45, 7) is 0.441. The number of ether oxygens (including phenoxy) is 1. The summed E-state index contributed by atoms with van der Waals surface area (Å²) < 4.78 is 11.2. The third-order valence-corrected chi connectivity index (χ3v) is 5.67. The minimum atomic E-state index is -0.256. The molecule has 2 aliphatic rings. The number of fused-ring (bicyclic) bond motifs is 3. The van der Waals surface area contributed by atoms with Gasteiger partial charge in [-0.1, -0.05) is 6.07 Å². The summed E-state index contributed by atoms with van der Waals surface area (Å²) >= 11 is 0. The molecule has 6 nitrogen and oxygen atoms in total. The molecule has 0 N–H and O–H groups in total. The first-order chi connectivity index (χ1) is 14.2. The van der Waals surface area contributed by atoms with E-state index in [1.54, 1.807) is 12.3 Å². The normalized spacial score (nSPS) is 15.3. The van der Waals surface area contributed by atoms with Gasteiger partial charge in [-0.2, -0.15) is 0 Å². The van der Waals surface area contributed by atoms with Crippen molar-refractivity contribution in [1.82, 2.24) is 9.88 Å². The first kappa shape index (κ1) is 17.9. The molecule has 148 valence electrons. The zero-order valence-electron chi connectivity index (χ0n) is 16.1. The summed E-state index contributed by atoms with van der Waals surface area (Å²) in [5.74, 6) is 0.467. The second-order valence-electron chi connectivity index (χ2n) is 7.72. The van der Waals surface area contributed by atoms with Crippen molar-refractivity contribution in [3.8, 4) is 5.75 Å². The fraction of sp³-hybridized carbons (Fsp3) is 0.348. The van der Waals surface area contributed by atoms with Gasteiger partial charge in [0.05, 0.1) is 12.2 Å². The Kier molecular flexibility index (Phi) is 4.54. The molecule has 0 saturated heterocycles. The van der Waals surface area contributed by atoms with Crippen LogP contribution in [0.3, 0.4) is 0 Å². The van der Waals surface area contributed by atoms with Crippen molar-refractivity contribution in [2.75, 3.05) is 6.61 Å². The van der Waals surface area contributed by atoms with Gasteiger partial charge in [-0.15, -0.1) is 0 Å². The Balaban J connectivity index is 1.31. The van der Waals surface area contributed by atoms with Gasteiger partial charge in [0, 0.05) is 29.3 Å². The van der Waals surface area contributed by atoms with Crippen molar-refractivity contribution in [3.63, 3.8) is 0 Å². The molecule has 1 aromatic carbocycles. The van der Waals surface area contributed by atoms with Crippen molar-refractivity contribution in [2.24, 2.45) is 0 Å². The number of hydrogen-bond acceptors (Lipinski definition) is 5. The van der Waals surface area contributed by atoms with Crippen molar-refractivity contribution >= 4 is 16.9 Å². The van der Waals surface area contributed by atoms with Crippen LogP contribution in [0, 0.1) is 0 Å². The number of carbonyl (C=O) groups is 1. The first-order valence-corrected chi connectivity index (χ1v) is 10.1. The van der Waals surface area contributed by atoms with E-state index in [1.807, 2.05) is 35.2 Å². The Morgan fingerprint density at radius 1 is 1.17 bits per heavy atom. The lowest BCUT2D eigenvalue weighted by atomic mass is 10.1. The molecule has 3 aromatic rings. The summed E-state index contributed by atoms with van der Waals surface area (Å²) in [4.78, 5) is 31.1. The van der Waals surface area contributed by atoms with Crippen LogP contribution in [0.25, 0.3) is 11.0 Å². The monoisotopic (exact) mass is 390 g/mol. The van der Waals surface area contributed by atoms with E-state index in [4.69, 9.17) is 9.15 Å². The first-order valence-electron chi connectivity index (χ1n) is 10.1. The molecule has 5 rings (SSSR count). The summed E-state index contributed by atoms with van der Waals surface area (Å²) in [5.41, 5.74) is 3.03. The summed E-state index contributed by atoms with van der Waals surface area (Å²) in [6, 6.07) is 11.5. The molecular formula is C23H22N2O4. The Hall–Kier alpha value is -3.15. The van der Waals surface area contributed by atoms with Crippen LogP contribution in [0.5, 0.6) is 5.75 Å². The second-order valence-corrected chi connectivity index (χ2v) is 7.72. The van der Waals surface area contributed by atoms with Crippen LogP contribution in [0.4, 0.5) is 0 Å². The van der Waals surface area contributed by atoms with Gasteiger partial charge in [-0.3, -0.25) is 9.78 Å². The van der Waals surface area contributed by atoms with E-state index >= 15 is 0 Å². The van der Waals surface area contributed by atoms with E-state index < -0.39 is 0 Å². The standard InChI is InChI=1S/C23H22N2O4/c26-22(25(16-7-8-16)13-15-4-1-2-11-24-15)14-28-17-9-10-19-18-5-3-6-20(18)23(27)29-21(19)12-17/h1-2,4,9-12,16H,3,5-8,13-14H2. The van der Waals surface area contributed by atoms with Crippen LogP contribution < -0.4 is 10.4 Å². The molecule has 2 aliphatic carbocycles. The number of carbonyl (C=O) groups excluding carboxylic acids is 1. The highest BCUT2D eigenvalue weighted by atomic mass is 16.5. The number of benzene rings is 1. The molecule has 2 heterocycles. The topological polar surface area (TPSA) is 72.6 Å². The zero-order valence-corrected chi connectivity index (χ0v) is 16.1. The molecular weight excluding hydrogens is 368 g/mol. The molecule has 0 unspecified atom stereocenters. The zero-order chi connectivity index (χ0) is 19.8. The summed E-state index contributed by atoms with van der Waals surface area (Å²) in [5, 5.41) is 0.963. The molecule has 0 atom stereocenters. The molecule has 0 aliphatic heterocycles. The van der Waals surface area contributed by atoms with E-state index in [9.17, 15) is 9.59 Å². The molecule has 29 heavy (non-hydrogen) atoms. The number of aryl methyl sites for hydroxylation is 1. The second kappa shape index (κ2) is 7.35. The minimum Gasteiger partial charge on any atom is -0.484 e. The van der Waals surface area contributed by atoms with Crippen LogP contribution in [-0.4, -0.2) is 28.4 Å². The van der Waals surface area contributed by atoms with Gasteiger partial charge in [0.2, 0.25) is 0 Å². The molecule has 0 radical (unpaired) electrons. The average Bonchev–Trinajstić information content (AvgIpc) is 3.46. The fourth-order valence-corrected chi connectivity index (χ4v) is 4.06. The molecule has 1 amide bonds. The number of aromatic nitrogens is 1. The van der Waals surface area contributed by atoms with Crippen LogP contribution in [0.1, 0.15) is 36.1 Å². The molecule has 1 saturated carbocycles. The van der Waals surface area contributed by atoms with Gasteiger partial charge in [-0.25, -0.2) is 4.79 Å². The lowest BCUT2D eigenvalue weighted by molar-refractivity contribution is -0.134. The predicted molar refractivity (Wildman–Crippen MR) is 108 cm³/mol. The van der Waals surface area contributed by atoms with Gasteiger partial charge < -0.3 is 14.1 Å². The maximum absolute atomic E-state index is 12.8. The van der Waals surface area contributed by atoms with E-state index in [-0.39, 0.29) is 24.2 Å². The van der Waals surface area contributed by atoms with Gasteiger partial charge in [0.1, 0.15) is 11.3 Å². The largest absolute Gasteiger partial charge is 0.484 e. The third kappa shape index (κ3) is 3.62. The maximum Gasteiger partial charge on any atom is 0.339 e. The Morgan fingerprint density at radius 2 is 2.03 bits per heavy atom. The SMILES string of the molecule is O=C(COc1ccc2c3c(c(=O)oc2c1)CCC3)N(Cc1ccccn1)C1CC1. The van der Waals surface area contributed by atoms with Crippen molar-refractivity contribution in [2.45, 2.75) is 44.7 Å². The summed E-state index contributed by atoms with van der Waals surface area (Å²) in [6.07, 6.45) is 6.45. The van der Waals surface area contributed by atoms with E-state index in [1.165, 1.54) is 0 Å². The Morgan fingerprint density at radius 3 is 2.83 bits per heavy atom. The van der Waals surface area contributed by atoms with Crippen LogP contribution in [0.15, 0.2) is 51.8 Å². The number of pyridine rings is 1. The van der Waals surface area contributed by atoms with Crippen molar-refractivity contribution in [1.29, 1.82) is 0 Å². The van der Waals surface area contributed by atoms with E-state index in [0.29, 0.717) is 17.9 Å². The minimum absolute atomic E-state index is 0.0516. The number of hydrogen-bond donors (Lipinski definition) is 0. The quantitative estimate of drug-likeness (QED) is 0.604. The molecule has 0 spiro atoms. The van der Waals surface area contributed by atoms with E-state index in [2.05, 4.69) is 4.98 Å². The number of rotatable bonds is 6. The lowest BCUT2D eigenvalue weighted by Crippen LogP contribution is -2.36. The number of nitrogens with zero attached hydrogens (tertiary/aromatic N) is 2. The maximum atomic E-state index is 12.8. The fourth-order valence-electron chi connectivity index (χ4n) is 4.06. The van der Waals surface area contributed by atoms with Gasteiger partial charge >= 0.3 is 5.63 Å². The highest BCUT2D eigenvalue weighted by Gasteiger charge is 2.33. The average molecular weight is 390 g/mol. The van der Waals surface area contributed by atoms with Crippen molar-refractivity contribution in [3.05, 3.63) is 69.8 Å². The molecule has 1 fully saturated rings. The Labute approximate surface area is 168 Å². The van der Waals surface area contributed by atoms with Crippen LogP contribution in [-0.2, 0) is 24.2 Å². The lowest BCUT2D eigenvalue weighted by Gasteiger charge is -2.22. The van der Waals surface area contributed by atoms with Crippen molar-refractivity contribution < 1.29 is 13.9 Å². The molecule has 2 aromatic heterocycles. The van der Waals surface area contributed by atoms with Gasteiger partial charge in [-0.05, 0) is 61.9 Å². The Bertz CT molecular complexity index is 1120. The molecule has 0 bridgehead atoms. The number of amides is 1. The highest BCUT2D eigenvalue weighted by molar-refractivity contribution is 5.83. The highest BCUT2D eigenvalue weighted by Crippen LogP contribution is 2.30.